The SMILES string of the molecule is CC(C)Cn1c(=O)[nH]c(=O)c2c(C(=O)N(CCN(C)C)CC(=O)OC(C)(C)C)cc(C3CC3)nc21. The van der Waals surface area contributed by atoms with Crippen LogP contribution in [-0.4, -0.2) is 75.5 Å². The molecule has 0 spiro atoms. The van der Waals surface area contributed by atoms with Gasteiger partial charge in [0, 0.05) is 31.2 Å². The summed E-state index contributed by atoms with van der Waals surface area (Å²) in [6.07, 6.45) is 1.87. The number of hydrogen-bond donors (Lipinski definition) is 1. The van der Waals surface area contributed by atoms with E-state index < -0.39 is 28.7 Å². The van der Waals surface area contributed by atoms with E-state index in [9.17, 15) is 19.2 Å². The zero-order valence-electron chi connectivity index (χ0n) is 21.8. The topological polar surface area (TPSA) is 118 Å². The second-order valence-corrected chi connectivity index (χ2v) is 10.9. The zero-order chi connectivity index (χ0) is 26.1. The molecule has 2 aromatic heterocycles. The number of esters is 1. The van der Waals surface area contributed by atoms with Gasteiger partial charge >= 0.3 is 11.7 Å². The van der Waals surface area contributed by atoms with E-state index in [4.69, 9.17) is 4.74 Å². The van der Waals surface area contributed by atoms with Gasteiger partial charge in [0.25, 0.3) is 11.5 Å². The number of nitrogens with zero attached hydrogens (tertiary/aromatic N) is 4. The maximum absolute atomic E-state index is 13.9. The molecule has 1 amide bonds. The van der Waals surface area contributed by atoms with Crippen molar-refractivity contribution in [2.24, 2.45) is 5.92 Å². The summed E-state index contributed by atoms with van der Waals surface area (Å²) >= 11 is 0. The summed E-state index contributed by atoms with van der Waals surface area (Å²) in [5, 5.41) is 0.0682. The van der Waals surface area contributed by atoms with Gasteiger partial charge in [-0.25, -0.2) is 9.78 Å². The first-order valence-corrected chi connectivity index (χ1v) is 12.1. The van der Waals surface area contributed by atoms with Crippen LogP contribution in [0.4, 0.5) is 0 Å². The number of aromatic nitrogens is 3. The second-order valence-electron chi connectivity index (χ2n) is 10.9. The first-order valence-electron chi connectivity index (χ1n) is 12.1. The Hall–Kier alpha value is -3.01. The molecule has 1 saturated carbocycles. The first-order chi connectivity index (χ1) is 16.3. The fourth-order valence-corrected chi connectivity index (χ4v) is 3.86. The minimum Gasteiger partial charge on any atom is -0.459 e. The highest BCUT2D eigenvalue weighted by atomic mass is 16.6. The lowest BCUT2D eigenvalue weighted by Crippen LogP contribution is -2.42. The number of rotatable bonds is 9. The number of pyridine rings is 1. The van der Waals surface area contributed by atoms with Gasteiger partial charge < -0.3 is 14.5 Å². The van der Waals surface area contributed by atoms with Gasteiger partial charge in [0.05, 0.1) is 10.9 Å². The van der Waals surface area contributed by atoms with Crippen LogP contribution in [0.5, 0.6) is 0 Å². The van der Waals surface area contributed by atoms with Crippen molar-refractivity contribution in [2.75, 3.05) is 33.7 Å². The van der Waals surface area contributed by atoms with Crippen LogP contribution in [0.2, 0.25) is 0 Å². The molecule has 3 rings (SSSR count). The maximum atomic E-state index is 13.9. The molecule has 0 radical (unpaired) electrons. The molecule has 0 aliphatic heterocycles. The molecule has 0 saturated heterocycles. The summed E-state index contributed by atoms with van der Waals surface area (Å²) in [4.78, 5) is 62.5. The molecule has 35 heavy (non-hydrogen) atoms. The highest BCUT2D eigenvalue weighted by Gasteiger charge is 2.31. The predicted molar refractivity (Wildman–Crippen MR) is 134 cm³/mol. The lowest BCUT2D eigenvalue weighted by molar-refractivity contribution is -0.155. The minimum atomic E-state index is -0.695. The lowest BCUT2D eigenvalue weighted by atomic mass is 10.1. The van der Waals surface area contributed by atoms with Gasteiger partial charge in [0.15, 0.2) is 5.65 Å². The number of amides is 1. The number of carbonyl (C=O) groups is 2. The summed E-state index contributed by atoms with van der Waals surface area (Å²) in [5.74, 6) is -0.687. The van der Waals surface area contributed by atoms with E-state index in [1.807, 2.05) is 32.8 Å². The number of aromatic amines is 1. The number of ether oxygens (including phenoxy) is 1. The third-order valence-electron chi connectivity index (χ3n) is 5.59. The molecule has 192 valence electrons. The third-order valence-corrected chi connectivity index (χ3v) is 5.59. The number of carbonyl (C=O) groups excluding carboxylic acids is 2. The number of likely N-dealkylation sites (N-methyl/N-ethyl adjacent to an activating group) is 1. The van der Waals surface area contributed by atoms with Crippen LogP contribution in [-0.2, 0) is 16.1 Å². The summed E-state index contributed by atoms with van der Waals surface area (Å²) < 4.78 is 6.88. The average molecular weight is 488 g/mol. The minimum absolute atomic E-state index is 0.0682. The summed E-state index contributed by atoms with van der Waals surface area (Å²) in [5.41, 5.74) is -0.850. The fourth-order valence-electron chi connectivity index (χ4n) is 3.86. The van der Waals surface area contributed by atoms with Crippen molar-refractivity contribution in [3.63, 3.8) is 0 Å². The van der Waals surface area contributed by atoms with Gasteiger partial charge in [0.2, 0.25) is 0 Å². The predicted octanol–water partition coefficient (Wildman–Crippen LogP) is 1.96. The standard InChI is InChI=1S/C25H37N5O5/c1-15(2)13-30-21-20(22(32)27-24(30)34)17(12-18(26-21)16-8-9-16)23(33)29(11-10-28(6)7)14-19(31)35-25(3,4)5/h12,15-16H,8-11,13-14H2,1-7H3,(H,27,32,34). The van der Waals surface area contributed by atoms with Crippen LogP contribution in [0, 0.1) is 5.92 Å². The summed E-state index contributed by atoms with van der Waals surface area (Å²) in [6, 6.07) is 1.65. The summed E-state index contributed by atoms with van der Waals surface area (Å²) in [7, 11) is 3.75. The molecule has 10 heteroatoms. The molecule has 0 atom stereocenters. The molecule has 1 N–H and O–H groups in total. The molecule has 1 fully saturated rings. The molecule has 1 aliphatic carbocycles. The largest absolute Gasteiger partial charge is 0.459 e. The van der Waals surface area contributed by atoms with Crippen LogP contribution < -0.4 is 11.2 Å². The smallest absolute Gasteiger partial charge is 0.330 e. The lowest BCUT2D eigenvalue weighted by Gasteiger charge is -2.27. The van der Waals surface area contributed by atoms with Crippen molar-refractivity contribution in [3.05, 3.63) is 38.2 Å². The van der Waals surface area contributed by atoms with Crippen molar-refractivity contribution in [1.82, 2.24) is 24.3 Å². The van der Waals surface area contributed by atoms with E-state index in [0.29, 0.717) is 18.8 Å². The summed E-state index contributed by atoms with van der Waals surface area (Å²) in [6.45, 7) is 10.1. The number of hydrogen-bond acceptors (Lipinski definition) is 7. The van der Waals surface area contributed by atoms with Crippen molar-refractivity contribution in [3.8, 4) is 0 Å². The number of nitrogens with one attached hydrogen (secondary N) is 1. The number of H-pyrrole nitrogens is 1. The van der Waals surface area contributed by atoms with E-state index in [-0.39, 0.29) is 41.5 Å². The van der Waals surface area contributed by atoms with Crippen molar-refractivity contribution in [1.29, 1.82) is 0 Å². The number of fused-ring (bicyclic) bond motifs is 1. The molecule has 1 aliphatic rings. The Morgan fingerprint density at radius 3 is 2.40 bits per heavy atom. The molecule has 0 bridgehead atoms. The van der Waals surface area contributed by atoms with Crippen LogP contribution >= 0.6 is 0 Å². The zero-order valence-corrected chi connectivity index (χ0v) is 21.8. The van der Waals surface area contributed by atoms with E-state index in [1.165, 1.54) is 9.47 Å². The van der Waals surface area contributed by atoms with Gasteiger partial charge in [-0.15, -0.1) is 0 Å². The van der Waals surface area contributed by atoms with Crippen molar-refractivity contribution >= 4 is 22.9 Å². The van der Waals surface area contributed by atoms with Crippen LogP contribution in [0.1, 0.15) is 69.4 Å². The highest BCUT2D eigenvalue weighted by molar-refractivity contribution is 6.06. The van der Waals surface area contributed by atoms with Gasteiger partial charge in [-0.05, 0) is 59.7 Å². The second kappa shape index (κ2) is 10.3. The van der Waals surface area contributed by atoms with Crippen LogP contribution in [0.25, 0.3) is 11.0 Å². The van der Waals surface area contributed by atoms with Crippen LogP contribution in [0.3, 0.4) is 0 Å². The molecule has 2 aromatic rings. The van der Waals surface area contributed by atoms with E-state index >= 15 is 0 Å². The normalized spacial score (nSPS) is 14.1. The van der Waals surface area contributed by atoms with E-state index in [1.54, 1.807) is 26.8 Å². The Labute approximate surface area is 205 Å². The average Bonchev–Trinajstić information content (AvgIpc) is 3.56. The third kappa shape index (κ3) is 6.78. The van der Waals surface area contributed by atoms with E-state index in [0.717, 1.165) is 12.8 Å². The Kier molecular flexibility index (Phi) is 7.83. The molecule has 0 aromatic carbocycles. The van der Waals surface area contributed by atoms with Crippen LogP contribution in [0.15, 0.2) is 15.7 Å². The monoisotopic (exact) mass is 487 g/mol. The Morgan fingerprint density at radius 2 is 1.86 bits per heavy atom. The van der Waals surface area contributed by atoms with Gasteiger partial charge in [-0.3, -0.25) is 23.9 Å². The van der Waals surface area contributed by atoms with Gasteiger partial charge in [-0.2, -0.15) is 0 Å². The Bertz CT molecular complexity index is 1220. The molecular weight excluding hydrogens is 450 g/mol. The van der Waals surface area contributed by atoms with Gasteiger partial charge in [0.1, 0.15) is 12.1 Å². The fraction of sp³-hybridized carbons (Fsp3) is 0.640. The maximum Gasteiger partial charge on any atom is 0.330 e. The molecule has 2 heterocycles. The molecule has 0 unspecified atom stereocenters. The van der Waals surface area contributed by atoms with Gasteiger partial charge in [-0.1, -0.05) is 13.8 Å². The Balaban J connectivity index is 2.15. The van der Waals surface area contributed by atoms with E-state index in [2.05, 4.69) is 9.97 Å². The van der Waals surface area contributed by atoms with Crippen molar-refractivity contribution < 1.29 is 14.3 Å². The molecule has 10 nitrogen and oxygen atoms in total. The first kappa shape index (κ1) is 26.6. The Morgan fingerprint density at radius 1 is 1.20 bits per heavy atom. The quantitative estimate of drug-likeness (QED) is 0.537. The highest BCUT2D eigenvalue weighted by Crippen LogP contribution is 2.40. The van der Waals surface area contributed by atoms with Crippen molar-refractivity contribution in [2.45, 2.75) is 65.5 Å². The molecular formula is C25H37N5O5.